The third kappa shape index (κ3) is 7.63. The van der Waals surface area contributed by atoms with Gasteiger partial charge in [-0.25, -0.2) is 13.2 Å². The van der Waals surface area contributed by atoms with Gasteiger partial charge in [-0.2, -0.15) is 0 Å². The molecule has 0 radical (unpaired) electrons. The van der Waals surface area contributed by atoms with Gasteiger partial charge in [0.25, 0.3) is 0 Å². The summed E-state index contributed by atoms with van der Waals surface area (Å²) < 4.78 is 50.8. The second kappa shape index (κ2) is 14.5. The zero-order valence-electron chi connectivity index (χ0n) is 23.3. The van der Waals surface area contributed by atoms with Crippen molar-refractivity contribution in [3.05, 3.63) is 95.3 Å². The van der Waals surface area contributed by atoms with Crippen LogP contribution < -0.4 is 0 Å². The highest BCUT2D eigenvalue weighted by Crippen LogP contribution is 2.35. The Morgan fingerprint density at radius 3 is 2.13 bits per heavy atom. The van der Waals surface area contributed by atoms with E-state index >= 15 is 4.39 Å². The highest BCUT2D eigenvalue weighted by atomic mass is 19.2. The van der Waals surface area contributed by atoms with Gasteiger partial charge in [0.2, 0.25) is 0 Å². The minimum absolute atomic E-state index is 0.227. The lowest BCUT2D eigenvalue weighted by Crippen LogP contribution is -2.20. The van der Waals surface area contributed by atoms with Crippen LogP contribution in [0.25, 0.3) is 22.3 Å². The van der Waals surface area contributed by atoms with E-state index in [2.05, 4.69) is 13.0 Å². The lowest BCUT2D eigenvalue weighted by atomic mass is 9.92. The molecule has 2 atom stereocenters. The molecule has 0 aromatic heterocycles. The van der Waals surface area contributed by atoms with Gasteiger partial charge >= 0.3 is 0 Å². The van der Waals surface area contributed by atoms with Crippen molar-refractivity contribution in [1.82, 2.24) is 0 Å². The van der Waals surface area contributed by atoms with Crippen LogP contribution in [-0.4, -0.2) is 6.61 Å². The van der Waals surface area contributed by atoms with E-state index in [1.165, 1.54) is 31.7 Å². The van der Waals surface area contributed by atoms with E-state index in [4.69, 9.17) is 4.74 Å². The molecular weight excluding hydrogens is 493 g/mol. The zero-order chi connectivity index (χ0) is 27.6. The molecule has 208 valence electrons. The fourth-order valence-electron chi connectivity index (χ4n) is 5.53. The molecule has 2 unspecified atom stereocenters. The van der Waals surface area contributed by atoms with Gasteiger partial charge in [-0.3, -0.25) is 0 Å². The normalized spacial score (nSPS) is 17.7. The molecule has 0 N–H and O–H groups in total. The first-order chi connectivity index (χ1) is 19.0. The van der Waals surface area contributed by atoms with Crippen LogP contribution in [0.3, 0.4) is 0 Å². The molecule has 0 amide bonds. The van der Waals surface area contributed by atoms with Crippen molar-refractivity contribution in [2.24, 2.45) is 5.92 Å². The van der Waals surface area contributed by atoms with Gasteiger partial charge in [0.1, 0.15) is 5.82 Å². The standard InChI is InChI=1S/C35H41F3O/c1-3-5-6-7-8-9-10-12-28-18-20-30(35(38)34(28)37)27-16-14-26(15-17-27)29-19-21-31(32(36)23-29)33-22-13-25(11-4-2)24-39-33/h4,11,14-21,23,25,33H,3,5-10,12-13,22,24H2,1-2H3. The summed E-state index contributed by atoms with van der Waals surface area (Å²) in [7, 11) is 0. The number of benzene rings is 3. The van der Waals surface area contributed by atoms with Gasteiger partial charge < -0.3 is 4.74 Å². The smallest absolute Gasteiger partial charge is 0.166 e. The first-order valence-corrected chi connectivity index (χ1v) is 14.6. The number of hydrogen-bond donors (Lipinski definition) is 0. The maximum absolute atomic E-state index is 15.0. The number of halogens is 3. The van der Waals surface area contributed by atoms with Crippen LogP contribution in [0, 0.1) is 23.4 Å². The van der Waals surface area contributed by atoms with Crippen LogP contribution in [0.5, 0.6) is 0 Å². The number of allylic oxidation sites excluding steroid dienone is 1. The van der Waals surface area contributed by atoms with E-state index in [0.717, 1.165) is 43.2 Å². The number of hydrogen-bond acceptors (Lipinski definition) is 1. The maximum atomic E-state index is 15.0. The molecule has 1 aliphatic rings. The first kappa shape index (κ1) is 29.1. The van der Waals surface area contributed by atoms with Crippen LogP contribution in [0.1, 0.15) is 88.9 Å². The second-order valence-electron chi connectivity index (χ2n) is 10.8. The topological polar surface area (TPSA) is 9.23 Å². The predicted octanol–water partition coefficient (Wildman–Crippen LogP) is 10.8. The number of rotatable bonds is 12. The van der Waals surface area contributed by atoms with E-state index < -0.39 is 11.6 Å². The summed E-state index contributed by atoms with van der Waals surface area (Å²) >= 11 is 0. The Bertz CT molecular complexity index is 1220. The van der Waals surface area contributed by atoms with Gasteiger partial charge in [0, 0.05) is 17.0 Å². The van der Waals surface area contributed by atoms with Crippen molar-refractivity contribution < 1.29 is 17.9 Å². The molecule has 4 heteroatoms. The molecular formula is C35H41F3O. The van der Waals surface area contributed by atoms with E-state index in [9.17, 15) is 8.78 Å². The third-order valence-corrected chi connectivity index (χ3v) is 7.86. The molecule has 0 aliphatic carbocycles. The summed E-state index contributed by atoms with van der Waals surface area (Å²) in [4.78, 5) is 0. The Morgan fingerprint density at radius 2 is 1.46 bits per heavy atom. The molecule has 0 spiro atoms. The van der Waals surface area contributed by atoms with Crippen molar-refractivity contribution in [1.29, 1.82) is 0 Å². The highest BCUT2D eigenvalue weighted by Gasteiger charge is 2.24. The molecule has 0 saturated carbocycles. The average Bonchev–Trinajstić information content (AvgIpc) is 2.95. The van der Waals surface area contributed by atoms with Crippen LogP contribution in [0.2, 0.25) is 0 Å². The quantitative estimate of drug-likeness (QED) is 0.166. The van der Waals surface area contributed by atoms with E-state index in [-0.39, 0.29) is 17.5 Å². The summed E-state index contributed by atoms with van der Waals surface area (Å²) in [6.45, 7) is 4.80. The molecule has 3 aromatic carbocycles. The number of unbranched alkanes of at least 4 members (excludes halogenated alkanes) is 6. The van der Waals surface area contributed by atoms with Gasteiger partial charge in [-0.1, -0.05) is 106 Å². The van der Waals surface area contributed by atoms with Crippen molar-refractivity contribution in [3.63, 3.8) is 0 Å². The van der Waals surface area contributed by atoms with E-state index in [1.54, 1.807) is 30.3 Å². The monoisotopic (exact) mass is 534 g/mol. The zero-order valence-corrected chi connectivity index (χ0v) is 23.3. The number of ether oxygens (including phenoxy) is 1. The van der Waals surface area contributed by atoms with Crippen molar-refractivity contribution in [3.8, 4) is 22.3 Å². The summed E-state index contributed by atoms with van der Waals surface area (Å²) in [5.74, 6) is -1.44. The Kier molecular flexibility index (Phi) is 10.8. The van der Waals surface area contributed by atoms with Gasteiger partial charge in [-0.05, 0) is 60.9 Å². The summed E-state index contributed by atoms with van der Waals surface area (Å²) in [5, 5.41) is 0. The molecule has 4 rings (SSSR count). The van der Waals surface area contributed by atoms with Crippen LogP contribution >= 0.6 is 0 Å². The fraction of sp³-hybridized carbons (Fsp3) is 0.429. The van der Waals surface area contributed by atoms with E-state index in [0.29, 0.717) is 35.6 Å². The molecule has 1 aliphatic heterocycles. The summed E-state index contributed by atoms with van der Waals surface area (Å²) in [6, 6.07) is 15.8. The van der Waals surface area contributed by atoms with Gasteiger partial charge in [0.05, 0.1) is 12.7 Å². The predicted molar refractivity (Wildman–Crippen MR) is 155 cm³/mol. The summed E-state index contributed by atoms with van der Waals surface area (Å²) in [6.07, 6.45) is 14.3. The molecule has 1 heterocycles. The Balaban J connectivity index is 1.38. The summed E-state index contributed by atoms with van der Waals surface area (Å²) in [5.41, 5.74) is 3.43. The average molecular weight is 535 g/mol. The molecule has 3 aromatic rings. The minimum Gasteiger partial charge on any atom is -0.373 e. The van der Waals surface area contributed by atoms with Crippen LogP contribution in [0.15, 0.2) is 66.7 Å². The SMILES string of the molecule is CC=CC1CCC(c2ccc(-c3ccc(-c4ccc(CCCCCCCCC)c(F)c4F)cc3)cc2F)OC1. The van der Waals surface area contributed by atoms with Crippen LogP contribution in [-0.2, 0) is 11.2 Å². The Morgan fingerprint density at radius 1 is 0.769 bits per heavy atom. The molecule has 1 saturated heterocycles. The Labute approximate surface area is 232 Å². The largest absolute Gasteiger partial charge is 0.373 e. The van der Waals surface area contributed by atoms with Crippen molar-refractivity contribution in [2.45, 2.75) is 84.2 Å². The first-order valence-electron chi connectivity index (χ1n) is 14.6. The number of aryl methyl sites for hydroxylation is 1. The van der Waals surface area contributed by atoms with Crippen molar-refractivity contribution >= 4 is 0 Å². The molecule has 1 nitrogen and oxygen atoms in total. The second-order valence-corrected chi connectivity index (χ2v) is 10.8. The fourth-order valence-corrected chi connectivity index (χ4v) is 5.53. The Hall–Kier alpha value is -2.85. The molecule has 39 heavy (non-hydrogen) atoms. The molecule has 1 fully saturated rings. The minimum atomic E-state index is -0.803. The van der Waals surface area contributed by atoms with Crippen LogP contribution in [0.4, 0.5) is 13.2 Å². The van der Waals surface area contributed by atoms with Gasteiger partial charge in [0.15, 0.2) is 11.6 Å². The third-order valence-electron chi connectivity index (χ3n) is 7.86. The highest BCUT2D eigenvalue weighted by molar-refractivity contribution is 5.71. The lowest BCUT2D eigenvalue weighted by Gasteiger charge is -2.28. The molecule has 0 bridgehead atoms. The van der Waals surface area contributed by atoms with Gasteiger partial charge in [-0.15, -0.1) is 0 Å². The van der Waals surface area contributed by atoms with E-state index in [1.807, 2.05) is 31.2 Å². The maximum Gasteiger partial charge on any atom is 0.166 e. The lowest BCUT2D eigenvalue weighted by molar-refractivity contribution is -0.00711. The van der Waals surface area contributed by atoms with Crippen molar-refractivity contribution in [2.75, 3.05) is 6.61 Å².